The van der Waals surface area contributed by atoms with Gasteiger partial charge in [-0.1, -0.05) is 30.3 Å². The summed E-state index contributed by atoms with van der Waals surface area (Å²) in [7, 11) is -3.26. The molecule has 7 heteroatoms. The Morgan fingerprint density at radius 1 is 1.15 bits per heavy atom. The van der Waals surface area contributed by atoms with Crippen LogP contribution in [0.25, 0.3) is 0 Å². The van der Waals surface area contributed by atoms with Crippen LogP contribution in [0.1, 0.15) is 18.4 Å². The van der Waals surface area contributed by atoms with E-state index < -0.39 is 10.0 Å². The molecule has 0 aliphatic carbocycles. The summed E-state index contributed by atoms with van der Waals surface area (Å²) in [5.74, 6) is 0.238. The van der Waals surface area contributed by atoms with Crippen LogP contribution in [-0.2, 0) is 21.4 Å². The number of carbonyl (C=O) groups excluding carboxylic acids is 1. The fourth-order valence-electron chi connectivity index (χ4n) is 3.08. The molecule has 0 bridgehead atoms. The predicted octanol–water partition coefficient (Wildman–Crippen LogP) is 2.88. The number of sulfonamides is 1. The Morgan fingerprint density at radius 3 is 2.52 bits per heavy atom. The number of nitrogens with zero attached hydrogens (tertiary/aromatic N) is 1. The van der Waals surface area contributed by atoms with Gasteiger partial charge in [-0.3, -0.25) is 4.79 Å². The zero-order valence-electron chi connectivity index (χ0n) is 15.3. The van der Waals surface area contributed by atoms with E-state index in [0.717, 1.165) is 11.3 Å². The van der Waals surface area contributed by atoms with Gasteiger partial charge in [0, 0.05) is 18.8 Å². The fraction of sp³-hybridized carbons (Fsp3) is 0.350. The molecule has 1 N–H and O–H groups in total. The number of ether oxygens (including phenoxy) is 1. The second-order valence-electron chi connectivity index (χ2n) is 6.75. The monoisotopic (exact) mass is 388 g/mol. The lowest BCUT2D eigenvalue weighted by atomic mass is 9.99. The normalized spacial score (nSPS) is 18.0. The molecule has 27 heavy (non-hydrogen) atoms. The maximum atomic E-state index is 12.5. The standard InChI is InChI=1S/C20H24N2O4S/c1-27(24,25)22-13-5-8-17(14-22)20(23)21-18-9-11-19(12-10-18)26-15-16-6-3-2-4-7-16/h2-4,6-7,9-12,17H,5,8,13-15H2,1H3,(H,21,23). The number of amides is 1. The highest BCUT2D eigenvalue weighted by molar-refractivity contribution is 7.88. The average molecular weight is 388 g/mol. The van der Waals surface area contributed by atoms with Crippen LogP contribution in [-0.4, -0.2) is 38.0 Å². The molecule has 144 valence electrons. The van der Waals surface area contributed by atoms with Gasteiger partial charge in [0.1, 0.15) is 12.4 Å². The highest BCUT2D eigenvalue weighted by Gasteiger charge is 2.30. The Kier molecular flexibility index (Phi) is 6.13. The van der Waals surface area contributed by atoms with Crippen molar-refractivity contribution in [3.05, 3.63) is 60.2 Å². The minimum atomic E-state index is -3.26. The second-order valence-corrected chi connectivity index (χ2v) is 8.73. The quantitative estimate of drug-likeness (QED) is 0.826. The van der Waals surface area contributed by atoms with Crippen LogP contribution in [0.3, 0.4) is 0 Å². The van der Waals surface area contributed by atoms with E-state index in [0.29, 0.717) is 31.7 Å². The molecule has 1 heterocycles. The highest BCUT2D eigenvalue weighted by atomic mass is 32.2. The van der Waals surface area contributed by atoms with Crippen LogP contribution >= 0.6 is 0 Å². The molecule has 1 amide bonds. The Bertz CT molecular complexity index is 867. The molecule has 1 saturated heterocycles. The van der Waals surface area contributed by atoms with Crippen molar-refractivity contribution in [2.45, 2.75) is 19.4 Å². The van der Waals surface area contributed by atoms with Gasteiger partial charge >= 0.3 is 0 Å². The smallest absolute Gasteiger partial charge is 0.228 e. The number of anilines is 1. The third kappa shape index (κ3) is 5.55. The molecule has 0 radical (unpaired) electrons. The van der Waals surface area contributed by atoms with Gasteiger partial charge < -0.3 is 10.1 Å². The Balaban J connectivity index is 1.54. The summed E-state index contributed by atoms with van der Waals surface area (Å²) in [6.07, 6.45) is 2.56. The zero-order valence-corrected chi connectivity index (χ0v) is 16.1. The SMILES string of the molecule is CS(=O)(=O)N1CCCC(C(=O)Nc2ccc(OCc3ccccc3)cc2)C1. The molecule has 0 saturated carbocycles. The number of nitrogens with one attached hydrogen (secondary N) is 1. The molecule has 3 rings (SSSR count). The lowest BCUT2D eigenvalue weighted by Gasteiger charge is -2.30. The van der Waals surface area contributed by atoms with Crippen LogP contribution < -0.4 is 10.1 Å². The lowest BCUT2D eigenvalue weighted by Crippen LogP contribution is -2.43. The summed E-state index contributed by atoms with van der Waals surface area (Å²) in [4.78, 5) is 12.5. The lowest BCUT2D eigenvalue weighted by molar-refractivity contribution is -0.120. The van der Waals surface area contributed by atoms with Crippen molar-refractivity contribution in [1.82, 2.24) is 4.31 Å². The molecule has 2 aromatic rings. The van der Waals surface area contributed by atoms with Crippen molar-refractivity contribution in [1.29, 1.82) is 0 Å². The second kappa shape index (κ2) is 8.54. The van der Waals surface area contributed by atoms with Crippen molar-refractivity contribution >= 4 is 21.6 Å². The highest BCUT2D eigenvalue weighted by Crippen LogP contribution is 2.22. The van der Waals surface area contributed by atoms with Crippen molar-refractivity contribution < 1.29 is 17.9 Å². The summed E-state index contributed by atoms with van der Waals surface area (Å²) in [5, 5.41) is 2.87. The number of benzene rings is 2. The van der Waals surface area contributed by atoms with E-state index in [4.69, 9.17) is 4.74 Å². The Labute approximate surface area is 160 Å². The molecule has 0 spiro atoms. The van der Waals surface area contributed by atoms with Crippen molar-refractivity contribution in [2.75, 3.05) is 24.7 Å². The summed E-state index contributed by atoms with van der Waals surface area (Å²) in [6.45, 7) is 1.20. The summed E-state index contributed by atoms with van der Waals surface area (Å²) in [5.41, 5.74) is 1.76. The van der Waals surface area contributed by atoms with Gasteiger partial charge in [0.05, 0.1) is 12.2 Å². The van der Waals surface area contributed by atoms with Crippen molar-refractivity contribution in [2.24, 2.45) is 5.92 Å². The van der Waals surface area contributed by atoms with Gasteiger partial charge in [0.2, 0.25) is 15.9 Å². The number of hydrogen-bond acceptors (Lipinski definition) is 4. The number of carbonyl (C=O) groups is 1. The molecule has 1 fully saturated rings. The van der Waals surface area contributed by atoms with Gasteiger partial charge in [0.15, 0.2) is 0 Å². The minimum absolute atomic E-state index is 0.152. The topological polar surface area (TPSA) is 75.7 Å². The van der Waals surface area contributed by atoms with Crippen LogP contribution in [0.15, 0.2) is 54.6 Å². The first kappa shape index (κ1) is 19.4. The molecule has 1 unspecified atom stereocenters. The summed E-state index contributed by atoms with van der Waals surface area (Å²) >= 11 is 0. The molecule has 1 aliphatic heterocycles. The van der Waals surface area contributed by atoms with Crippen LogP contribution in [0.5, 0.6) is 5.75 Å². The number of piperidine rings is 1. The molecule has 1 atom stereocenters. The van der Waals surface area contributed by atoms with Gasteiger partial charge in [-0.15, -0.1) is 0 Å². The first-order chi connectivity index (χ1) is 12.9. The van der Waals surface area contributed by atoms with Gasteiger partial charge in [0.25, 0.3) is 0 Å². The predicted molar refractivity (Wildman–Crippen MR) is 105 cm³/mol. The van der Waals surface area contributed by atoms with Crippen molar-refractivity contribution in [3.8, 4) is 5.75 Å². The number of hydrogen-bond donors (Lipinski definition) is 1. The van der Waals surface area contributed by atoms with Crippen LogP contribution in [0, 0.1) is 5.92 Å². The van der Waals surface area contributed by atoms with E-state index in [1.165, 1.54) is 10.6 Å². The van der Waals surface area contributed by atoms with Crippen molar-refractivity contribution in [3.63, 3.8) is 0 Å². The third-order valence-corrected chi connectivity index (χ3v) is 5.86. The third-order valence-electron chi connectivity index (χ3n) is 4.59. The zero-order chi connectivity index (χ0) is 19.3. The van der Waals surface area contributed by atoms with E-state index >= 15 is 0 Å². The fourth-order valence-corrected chi connectivity index (χ4v) is 3.99. The van der Waals surface area contributed by atoms with E-state index in [1.807, 2.05) is 42.5 Å². The molecule has 1 aliphatic rings. The largest absolute Gasteiger partial charge is 0.489 e. The summed E-state index contributed by atoms with van der Waals surface area (Å²) < 4.78 is 30.5. The molecule has 2 aromatic carbocycles. The molecule has 0 aromatic heterocycles. The number of rotatable bonds is 6. The maximum Gasteiger partial charge on any atom is 0.228 e. The average Bonchev–Trinajstić information content (AvgIpc) is 2.68. The summed E-state index contributed by atoms with van der Waals surface area (Å²) in [6, 6.07) is 17.1. The molecule has 6 nitrogen and oxygen atoms in total. The van der Waals surface area contributed by atoms with E-state index in [9.17, 15) is 13.2 Å². The maximum absolute atomic E-state index is 12.5. The Hall–Kier alpha value is -2.38. The van der Waals surface area contributed by atoms with Crippen LogP contribution in [0.4, 0.5) is 5.69 Å². The molecular formula is C20H24N2O4S. The van der Waals surface area contributed by atoms with E-state index in [2.05, 4.69) is 5.32 Å². The van der Waals surface area contributed by atoms with E-state index in [-0.39, 0.29) is 18.4 Å². The first-order valence-corrected chi connectivity index (χ1v) is 10.8. The molecular weight excluding hydrogens is 364 g/mol. The van der Waals surface area contributed by atoms with Crippen LogP contribution in [0.2, 0.25) is 0 Å². The van der Waals surface area contributed by atoms with E-state index in [1.54, 1.807) is 12.1 Å². The first-order valence-electron chi connectivity index (χ1n) is 8.94. The van der Waals surface area contributed by atoms with Gasteiger partial charge in [-0.05, 0) is 42.7 Å². The van der Waals surface area contributed by atoms with Gasteiger partial charge in [-0.25, -0.2) is 12.7 Å². The Morgan fingerprint density at radius 2 is 1.85 bits per heavy atom. The minimum Gasteiger partial charge on any atom is -0.489 e. The van der Waals surface area contributed by atoms with Gasteiger partial charge in [-0.2, -0.15) is 0 Å².